The Labute approximate surface area is 262 Å². The summed E-state index contributed by atoms with van der Waals surface area (Å²) in [7, 11) is -1.46. The predicted octanol–water partition coefficient (Wildman–Crippen LogP) is 6.01. The molecule has 1 aromatic carbocycles. The van der Waals surface area contributed by atoms with E-state index in [-0.39, 0.29) is 44.4 Å². The molecule has 1 aliphatic rings. The first-order chi connectivity index (χ1) is 20.9. The van der Waals surface area contributed by atoms with E-state index in [4.69, 9.17) is 14.2 Å². The predicted molar refractivity (Wildman–Crippen MR) is 174 cm³/mol. The average Bonchev–Trinajstić information content (AvgIpc) is 3.55. The number of esters is 3. The van der Waals surface area contributed by atoms with Gasteiger partial charge in [-0.3, -0.25) is 9.59 Å². The van der Waals surface area contributed by atoms with E-state index in [1.165, 1.54) is 4.90 Å². The number of para-hydroxylation sites is 1. The Hall–Kier alpha value is -3.66. The van der Waals surface area contributed by atoms with Crippen molar-refractivity contribution in [3.05, 3.63) is 61.3 Å². The van der Waals surface area contributed by atoms with Gasteiger partial charge in [-0.15, -0.1) is 13.2 Å². The fourth-order valence-corrected chi connectivity index (χ4v) is 6.01. The first-order valence-electron chi connectivity index (χ1n) is 15.5. The lowest BCUT2D eigenvalue weighted by Gasteiger charge is -2.29. The third kappa shape index (κ3) is 9.42. The molecule has 0 aliphatic carbocycles. The van der Waals surface area contributed by atoms with Crippen LogP contribution < -0.4 is 0 Å². The van der Waals surface area contributed by atoms with Gasteiger partial charge in [-0.05, 0) is 36.9 Å². The minimum absolute atomic E-state index is 0.0254. The van der Waals surface area contributed by atoms with Gasteiger partial charge in [0.15, 0.2) is 0 Å². The Morgan fingerprint density at radius 1 is 1.05 bits per heavy atom. The molecule has 1 aromatic heterocycles. The maximum absolute atomic E-state index is 14.0. The van der Waals surface area contributed by atoms with Crippen LogP contribution in [-0.2, 0) is 35.1 Å². The third-order valence-electron chi connectivity index (χ3n) is 7.84. The molecular weight excluding hydrogens is 576 g/mol. The normalized spacial score (nSPS) is 17.4. The van der Waals surface area contributed by atoms with Crippen molar-refractivity contribution in [3.63, 3.8) is 0 Å². The number of unbranched alkanes of at least 4 members (excludes halogenated alkanes) is 1. The molecule has 0 saturated carbocycles. The van der Waals surface area contributed by atoms with E-state index < -0.39 is 44.0 Å². The summed E-state index contributed by atoms with van der Waals surface area (Å²) in [5, 5.41) is 0.893. The highest BCUT2D eigenvalue weighted by molar-refractivity contribution is 6.76. The number of likely N-dealkylation sites (tertiary alicyclic amines) is 1. The highest BCUT2D eigenvalue weighted by Crippen LogP contribution is 2.29. The fourth-order valence-electron chi connectivity index (χ4n) is 5.29. The molecule has 2 heterocycles. The molecule has 0 unspecified atom stereocenters. The Morgan fingerprint density at radius 3 is 2.43 bits per heavy atom. The number of ether oxygens (including phenoxy) is 3. The van der Waals surface area contributed by atoms with Crippen LogP contribution >= 0.6 is 0 Å². The van der Waals surface area contributed by atoms with Crippen molar-refractivity contribution in [2.24, 2.45) is 11.8 Å². The molecule has 2 aromatic rings. The van der Waals surface area contributed by atoms with Crippen LogP contribution in [0.25, 0.3) is 10.9 Å². The van der Waals surface area contributed by atoms with Crippen molar-refractivity contribution >= 4 is 42.8 Å². The van der Waals surface area contributed by atoms with Gasteiger partial charge in [0.05, 0.1) is 32.1 Å². The lowest BCUT2D eigenvalue weighted by molar-refractivity contribution is -0.156. The van der Waals surface area contributed by atoms with E-state index in [1.54, 1.807) is 18.2 Å². The number of carbonyl (C=O) groups is 4. The Bertz CT molecular complexity index is 1340. The monoisotopic (exact) mass is 624 g/mol. The van der Waals surface area contributed by atoms with Gasteiger partial charge in [-0.1, -0.05) is 63.8 Å². The summed E-state index contributed by atoms with van der Waals surface area (Å²) >= 11 is 0. The number of carbonyl (C=O) groups excluding carboxylic acids is 4. The van der Waals surface area contributed by atoms with Crippen LogP contribution in [0.4, 0.5) is 0 Å². The molecule has 0 radical (unpaired) electrons. The van der Waals surface area contributed by atoms with Crippen molar-refractivity contribution < 1.29 is 33.4 Å². The second kappa shape index (κ2) is 15.9. The highest BCUT2D eigenvalue weighted by atomic mass is 28.3. The van der Waals surface area contributed by atoms with Gasteiger partial charge in [0, 0.05) is 31.9 Å². The van der Waals surface area contributed by atoms with E-state index in [0.29, 0.717) is 18.7 Å². The molecule has 0 spiro atoms. The summed E-state index contributed by atoms with van der Waals surface area (Å²) in [4.78, 5) is 54.9. The SMILES string of the molecule is C=CCCCOC(=O)C[C@H](C(=O)N1C[C@H](OC(=O)c2cc3ccccc3n2CC=C)C[C@H]1C(=O)OCC[Si](C)(C)C)C(C)C. The van der Waals surface area contributed by atoms with Gasteiger partial charge in [0.1, 0.15) is 17.8 Å². The van der Waals surface area contributed by atoms with E-state index in [0.717, 1.165) is 23.4 Å². The zero-order valence-electron chi connectivity index (χ0n) is 26.9. The van der Waals surface area contributed by atoms with Crippen LogP contribution in [0.2, 0.25) is 25.7 Å². The molecule has 1 aliphatic heterocycles. The van der Waals surface area contributed by atoms with E-state index in [1.807, 2.05) is 42.7 Å². The Morgan fingerprint density at radius 2 is 1.77 bits per heavy atom. The van der Waals surface area contributed by atoms with Gasteiger partial charge in [-0.2, -0.15) is 0 Å². The third-order valence-corrected chi connectivity index (χ3v) is 9.55. The second-order valence-electron chi connectivity index (χ2n) is 12.9. The summed E-state index contributed by atoms with van der Waals surface area (Å²) in [5.74, 6) is -2.78. The maximum atomic E-state index is 14.0. The van der Waals surface area contributed by atoms with Crippen LogP contribution in [0.15, 0.2) is 55.6 Å². The fraction of sp³-hybridized carbons (Fsp3) is 0.529. The van der Waals surface area contributed by atoms with Crippen LogP contribution in [-0.4, -0.2) is 73.3 Å². The molecule has 9 nitrogen and oxygen atoms in total. The molecule has 1 saturated heterocycles. The zero-order valence-corrected chi connectivity index (χ0v) is 27.9. The van der Waals surface area contributed by atoms with Crippen LogP contribution in [0, 0.1) is 11.8 Å². The summed E-state index contributed by atoms with van der Waals surface area (Å²) in [6.07, 6.45) is 4.13. The summed E-state index contributed by atoms with van der Waals surface area (Å²) in [5.41, 5.74) is 1.24. The largest absolute Gasteiger partial charge is 0.466 e. The van der Waals surface area contributed by atoms with Gasteiger partial charge in [-0.25, -0.2) is 9.59 Å². The minimum Gasteiger partial charge on any atom is -0.466 e. The molecule has 0 N–H and O–H groups in total. The molecule has 3 atom stereocenters. The quantitative estimate of drug-likeness (QED) is 0.0741. The minimum atomic E-state index is -1.46. The van der Waals surface area contributed by atoms with E-state index in [2.05, 4.69) is 32.8 Å². The standard InChI is InChI=1S/C34H48N2O7Si/c1-8-10-13-17-41-31(37)22-27(24(3)4)32(38)36-23-26(21-30(36)33(39)42-18-19-44(5,6)7)43-34(40)29-20-25-14-11-12-15-28(25)35(29)16-9-2/h8-9,11-12,14-15,20,24,26-27,30H,1-2,10,13,16-19,21-23H2,3-7H3/t26-,27+,30+/m1/s1. The summed E-state index contributed by atoms with van der Waals surface area (Å²) in [6, 6.07) is 9.29. The number of amides is 1. The van der Waals surface area contributed by atoms with Crippen LogP contribution in [0.5, 0.6) is 0 Å². The van der Waals surface area contributed by atoms with Crippen molar-refractivity contribution in [1.29, 1.82) is 0 Å². The number of aromatic nitrogens is 1. The van der Waals surface area contributed by atoms with Gasteiger partial charge in [0.25, 0.3) is 0 Å². The number of benzene rings is 1. The zero-order chi connectivity index (χ0) is 32.4. The molecule has 240 valence electrons. The van der Waals surface area contributed by atoms with Crippen molar-refractivity contribution in [1.82, 2.24) is 9.47 Å². The van der Waals surface area contributed by atoms with Crippen LogP contribution in [0.3, 0.4) is 0 Å². The molecular formula is C34H48N2O7Si. The smallest absolute Gasteiger partial charge is 0.355 e. The number of nitrogens with zero attached hydrogens (tertiary/aromatic N) is 2. The molecule has 10 heteroatoms. The van der Waals surface area contributed by atoms with Gasteiger partial charge >= 0.3 is 17.9 Å². The van der Waals surface area contributed by atoms with E-state index >= 15 is 0 Å². The molecule has 3 rings (SSSR count). The number of fused-ring (bicyclic) bond motifs is 1. The van der Waals surface area contributed by atoms with Crippen molar-refractivity contribution in [3.8, 4) is 0 Å². The van der Waals surface area contributed by atoms with E-state index in [9.17, 15) is 19.2 Å². The maximum Gasteiger partial charge on any atom is 0.355 e. The second-order valence-corrected chi connectivity index (χ2v) is 18.6. The first-order valence-corrected chi connectivity index (χ1v) is 19.2. The van der Waals surface area contributed by atoms with Crippen molar-refractivity contribution in [2.75, 3.05) is 19.8 Å². The van der Waals surface area contributed by atoms with Crippen molar-refractivity contribution in [2.45, 2.75) is 83.9 Å². The summed E-state index contributed by atoms with van der Waals surface area (Å²) < 4.78 is 18.8. The lowest BCUT2D eigenvalue weighted by atomic mass is 9.91. The van der Waals surface area contributed by atoms with Gasteiger partial charge < -0.3 is 23.7 Å². The highest BCUT2D eigenvalue weighted by Gasteiger charge is 2.45. The van der Waals surface area contributed by atoms with Crippen LogP contribution in [0.1, 0.15) is 50.0 Å². The molecule has 44 heavy (non-hydrogen) atoms. The molecule has 1 amide bonds. The Kier molecular flexibility index (Phi) is 12.6. The topological polar surface area (TPSA) is 104 Å². The summed E-state index contributed by atoms with van der Waals surface area (Å²) in [6.45, 7) is 18.7. The Balaban J connectivity index is 1.81. The average molecular weight is 625 g/mol. The number of allylic oxidation sites excluding steroid dienone is 2. The molecule has 0 bridgehead atoms. The lowest BCUT2D eigenvalue weighted by Crippen LogP contribution is -2.46. The number of hydrogen-bond donors (Lipinski definition) is 0. The number of rotatable bonds is 16. The number of hydrogen-bond acceptors (Lipinski definition) is 7. The molecule has 1 fully saturated rings. The van der Waals surface area contributed by atoms with Gasteiger partial charge in [0.2, 0.25) is 5.91 Å². The first kappa shape index (κ1) is 34.8.